The van der Waals surface area contributed by atoms with Gasteiger partial charge < -0.3 is 10.1 Å². The highest BCUT2D eigenvalue weighted by atomic mass is 19.4. The van der Waals surface area contributed by atoms with Gasteiger partial charge in [-0.25, -0.2) is 4.68 Å². The zero-order valence-corrected chi connectivity index (χ0v) is 14.4. The maximum atomic E-state index is 12.7. The summed E-state index contributed by atoms with van der Waals surface area (Å²) in [5.74, 6) is 0.107. The lowest BCUT2D eigenvalue weighted by Crippen LogP contribution is -2.24. The number of hydrogen-bond acceptors (Lipinski definition) is 5. The van der Waals surface area contributed by atoms with Crippen LogP contribution < -0.4 is 10.1 Å². The fraction of sp³-hybridized carbons (Fsp3) is 0.250. The monoisotopic (exact) mass is 380 g/mol. The van der Waals surface area contributed by atoms with Crippen molar-refractivity contribution in [1.29, 1.82) is 0 Å². The Morgan fingerprint density at radius 2 is 1.96 bits per heavy atom. The minimum absolute atomic E-state index is 0.0315. The molecule has 11 heteroatoms. The Bertz CT molecular complexity index is 946. The maximum absolute atomic E-state index is 12.7. The van der Waals surface area contributed by atoms with Gasteiger partial charge in [-0.1, -0.05) is 5.21 Å². The summed E-state index contributed by atoms with van der Waals surface area (Å²) in [6.07, 6.45) is -3.12. The second-order valence-electron chi connectivity index (χ2n) is 5.57. The van der Waals surface area contributed by atoms with Gasteiger partial charge in [-0.3, -0.25) is 9.48 Å². The molecule has 1 amide bonds. The highest BCUT2D eigenvalue weighted by molar-refractivity contribution is 5.91. The van der Waals surface area contributed by atoms with Gasteiger partial charge in [0.2, 0.25) is 0 Å². The number of hydrogen-bond donors (Lipinski definition) is 1. The zero-order valence-electron chi connectivity index (χ0n) is 14.4. The molecule has 0 bridgehead atoms. The number of nitrogens with zero attached hydrogens (tertiary/aromatic N) is 5. The Hall–Kier alpha value is -3.37. The van der Waals surface area contributed by atoms with E-state index in [0.29, 0.717) is 11.4 Å². The van der Waals surface area contributed by atoms with Gasteiger partial charge in [0, 0.05) is 7.05 Å². The van der Waals surface area contributed by atoms with Gasteiger partial charge in [0.25, 0.3) is 5.91 Å². The molecule has 2 heterocycles. The summed E-state index contributed by atoms with van der Waals surface area (Å²) in [7, 11) is 2.92. The number of rotatable bonds is 5. The van der Waals surface area contributed by atoms with Gasteiger partial charge in [0.1, 0.15) is 5.75 Å². The second kappa shape index (κ2) is 7.09. The van der Waals surface area contributed by atoms with E-state index in [4.69, 9.17) is 4.74 Å². The van der Waals surface area contributed by atoms with Crippen molar-refractivity contribution in [2.24, 2.45) is 7.05 Å². The number of ether oxygens (including phenoxy) is 1. The lowest BCUT2D eigenvalue weighted by atomic mass is 10.3. The Labute approximate surface area is 151 Å². The summed E-state index contributed by atoms with van der Waals surface area (Å²) in [5, 5.41) is 13.5. The molecular weight excluding hydrogens is 365 g/mol. The number of aromatic nitrogens is 5. The van der Waals surface area contributed by atoms with Gasteiger partial charge in [-0.2, -0.15) is 18.3 Å². The van der Waals surface area contributed by atoms with E-state index in [-0.39, 0.29) is 17.9 Å². The van der Waals surface area contributed by atoms with Gasteiger partial charge >= 0.3 is 6.18 Å². The Kier molecular flexibility index (Phi) is 4.84. The first kappa shape index (κ1) is 18.4. The highest BCUT2D eigenvalue weighted by Gasteiger charge is 2.34. The quantitative estimate of drug-likeness (QED) is 0.731. The number of halogens is 3. The number of alkyl halides is 3. The van der Waals surface area contributed by atoms with Crippen LogP contribution in [0.15, 0.2) is 36.5 Å². The fourth-order valence-electron chi connectivity index (χ4n) is 2.30. The molecule has 0 saturated heterocycles. The summed E-state index contributed by atoms with van der Waals surface area (Å²) in [4.78, 5) is 12.2. The fourth-order valence-corrected chi connectivity index (χ4v) is 2.30. The molecule has 0 aliphatic heterocycles. The topological polar surface area (TPSA) is 86.9 Å². The van der Waals surface area contributed by atoms with Crippen LogP contribution in [0.3, 0.4) is 0 Å². The largest absolute Gasteiger partial charge is 0.497 e. The number of aryl methyl sites for hydroxylation is 1. The van der Waals surface area contributed by atoms with E-state index in [0.717, 1.165) is 10.7 Å². The zero-order chi connectivity index (χ0) is 19.6. The predicted octanol–water partition coefficient (Wildman–Crippen LogP) is 1.96. The summed E-state index contributed by atoms with van der Waals surface area (Å²) in [6.45, 7) is -0.131. The van der Waals surface area contributed by atoms with Crippen LogP contribution in [0.2, 0.25) is 0 Å². The Balaban J connectivity index is 1.67. The molecule has 0 aliphatic rings. The first-order chi connectivity index (χ1) is 12.8. The van der Waals surface area contributed by atoms with Crippen LogP contribution in [0, 0.1) is 0 Å². The SMILES string of the molecule is COc1ccc(-n2cc(C(=O)NCc3cc(C(F)(F)F)nn3C)nn2)cc1. The van der Waals surface area contributed by atoms with Crippen LogP contribution in [0.25, 0.3) is 5.69 Å². The number of benzene rings is 1. The predicted molar refractivity (Wildman–Crippen MR) is 87.3 cm³/mol. The van der Waals surface area contributed by atoms with Crippen molar-refractivity contribution in [2.75, 3.05) is 7.11 Å². The maximum Gasteiger partial charge on any atom is 0.435 e. The standard InChI is InChI=1S/C16H15F3N6O2/c1-24-11(7-14(22-24)16(17,18)19)8-20-15(26)13-9-25(23-21-13)10-3-5-12(27-2)6-4-10/h3-7,9H,8H2,1-2H3,(H,20,26). The van der Waals surface area contributed by atoms with Crippen molar-refractivity contribution >= 4 is 5.91 Å². The van der Waals surface area contributed by atoms with Crippen molar-refractivity contribution in [2.45, 2.75) is 12.7 Å². The van der Waals surface area contributed by atoms with E-state index in [2.05, 4.69) is 20.7 Å². The number of nitrogens with one attached hydrogen (secondary N) is 1. The molecular formula is C16H15F3N6O2. The smallest absolute Gasteiger partial charge is 0.435 e. The van der Waals surface area contributed by atoms with Gasteiger partial charge in [-0.05, 0) is 30.3 Å². The molecule has 0 aliphatic carbocycles. The first-order valence-electron chi connectivity index (χ1n) is 7.73. The van der Waals surface area contributed by atoms with E-state index in [1.165, 1.54) is 17.9 Å². The number of carbonyl (C=O) groups is 1. The van der Waals surface area contributed by atoms with Crippen LogP contribution in [-0.2, 0) is 19.8 Å². The normalized spacial score (nSPS) is 11.4. The van der Waals surface area contributed by atoms with Gasteiger partial charge in [-0.15, -0.1) is 5.10 Å². The average molecular weight is 380 g/mol. The number of methoxy groups -OCH3 is 1. The molecule has 0 atom stereocenters. The van der Waals surface area contributed by atoms with Crippen LogP contribution in [-0.4, -0.2) is 37.8 Å². The molecule has 0 spiro atoms. The van der Waals surface area contributed by atoms with E-state index in [1.54, 1.807) is 31.4 Å². The van der Waals surface area contributed by atoms with Crippen molar-refractivity contribution in [3.8, 4) is 11.4 Å². The van der Waals surface area contributed by atoms with Crippen molar-refractivity contribution in [1.82, 2.24) is 30.1 Å². The average Bonchev–Trinajstić information content (AvgIpc) is 3.26. The van der Waals surface area contributed by atoms with E-state index >= 15 is 0 Å². The third-order valence-electron chi connectivity index (χ3n) is 3.76. The van der Waals surface area contributed by atoms with Crippen molar-refractivity contribution in [3.63, 3.8) is 0 Å². The van der Waals surface area contributed by atoms with E-state index < -0.39 is 17.8 Å². The Morgan fingerprint density at radius 3 is 2.56 bits per heavy atom. The molecule has 142 valence electrons. The number of carbonyl (C=O) groups excluding carboxylic acids is 1. The third kappa shape index (κ3) is 4.07. The molecule has 0 fully saturated rings. The lowest BCUT2D eigenvalue weighted by Gasteiger charge is -2.03. The molecule has 0 radical (unpaired) electrons. The highest BCUT2D eigenvalue weighted by Crippen LogP contribution is 2.28. The molecule has 1 N–H and O–H groups in total. The van der Waals surface area contributed by atoms with Crippen LogP contribution >= 0.6 is 0 Å². The number of amides is 1. The van der Waals surface area contributed by atoms with Gasteiger partial charge in [0.15, 0.2) is 11.4 Å². The summed E-state index contributed by atoms with van der Waals surface area (Å²) >= 11 is 0. The van der Waals surface area contributed by atoms with Crippen molar-refractivity contribution < 1.29 is 22.7 Å². The summed E-state index contributed by atoms with van der Waals surface area (Å²) in [5.41, 5.74) is -0.106. The molecule has 0 saturated carbocycles. The third-order valence-corrected chi connectivity index (χ3v) is 3.76. The molecule has 27 heavy (non-hydrogen) atoms. The van der Waals surface area contributed by atoms with Crippen LogP contribution in [0.5, 0.6) is 5.75 Å². The molecule has 2 aromatic heterocycles. The molecule has 3 aromatic rings. The summed E-state index contributed by atoms with van der Waals surface area (Å²) in [6, 6.07) is 7.83. The van der Waals surface area contributed by atoms with Crippen LogP contribution in [0.4, 0.5) is 13.2 Å². The van der Waals surface area contributed by atoms with Gasteiger partial charge in [0.05, 0.1) is 31.2 Å². The minimum atomic E-state index is -4.54. The molecule has 1 aromatic carbocycles. The van der Waals surface area contributed by atoms with Crippen LogP contribution in [0.1, 0.15) is 21.9 Å². The first-order valence-corrected chi connectivity index (χ1v) is 7.73. The van der Waals surface area contributed by atoms with E-state index in [1.807, 2.05) is 0 Å². The van der Waals surface area contributed by atoms with E-state index in [9.17, 15) is 18.0 Å². The van der Waals surface area contributed by atoms with Crippen molar-refractivity contribution in [3.05, 3.63) is 53.6 Å². The Morgan fingerprint density at radius 1 is 1.26 bits per heavy atom. The molecule has 0 unspecified atom stereocenters. The molecule has 8 nitrogen and oxygen atoms in total. The lowest BCUT2D eigenvalue weighted by molar-refractivity contribution is -0.141. The minimum Gasteiger partial charge on any atom is -0.497 e. The molecule has 3 rings (SSSR count). The second-order valence-corrected chi connectivity index (χ2v) is 5.57. The summed E-state index contributed by atoms with van der Waals surface area (Å²) < 4.78 is 45.5.